The Morgan fingerprint density at radius 1 is 0.833 bits per heavy atom. The van der Waals surface area contributed by atoms with E-state index in [0.717, 1.165) is 11.1 Å². The Morgan fingerprint density at radius 3 is 1.96 bits per heavy atom. The molecule has 0 saturated heterocycles. The van der Waals surface area contributed by atoms with Crippen LogP contribution in [0, 0.1) is 0 Å². The minimum absolute atomic E-state index is 0.0725. The third-order valence-electron chi connectivity index (χ3n) is 3.40. The molecule has 0 amide bonds. The van der Waals surface area contributed by atoms with Gasteiger partial charge in [-0.3, -0.25) is 0 Å². The van der Waals surface area contributed by atoms with Gasteiger partial charge in [-0.25, -0.2) is 13.6 Å². The normalized spacial score (nSPS) is 11.5. The number of benzene rings is 2. The second kappa shape index (κ2) is 7.37. The van der Waals surface area contributed by atoms with Crippen LogP contribution >= 0.6 is 0 Å². The SMILES string of the molecule is COc1ccc(C=Cc2ccc(S(N)(=O)=O)cc2)c(OC)c1OC. The first-order valence-electron chi connectivity index (χ1n) is 7.00. The summed E-state index contributed by atoms with van der Waals surface area (Å²) in [6.07, 6.45) is 3.67. The molecule has 0 aromatic heterocycles. The largest absolute Gasteiger partial charge is 0.493 e. The smallest absolute Gasteiger partial charge is 0.238 e. The van der Waals surface area contributed by atoms with Crippen LogP contribution in [0.5, 0.6) is 17.2 Å². The molecule has 2 aromatic carbocycles. The van der Waals surface area contributed by atoms with Crippen molar-refractivity contribution in [1.82, 2.24) is 0 Å². The van der Waals surface area contributed by atoms with E-state index in [1.54, 1.807) is 39.5 Å². The maximum atomic E-state index is 11.3. The lowest BCUT2D eigenvalue weighted by Gasteiger charge is -2.14. The van der Waals surface area contributed by atoms with Crippen LogP contribution < -0.4 is 19.3 Å². The molecule has 0 atom stereocenters. The number of sulfonamides is 1. The molecule has 0 aliphatic heterocycles. The summed E-state index contributed by atoms with van der Waals surface area (Å²) >= 11 is 0. The summed E-state index contributed by atoms with van der Waals surface area (Å²) in [6.45, 7) is 0. The predicted octanol–water partition coefficient (Wildman–Crippen LogP) is 2.53. The molecule has 0 bridgehead atoms. The lowest BCUT2D eigenvalue weighted by Crippen LogP contribution is -2.11. The van der Waals surface area contributed by atoms with Gasteiger partial charge in [-0.15, -0.1) is 0 Å². The topological polar surface area (TPSA) is 87.9 Å². The zero-order valence-electron chi connectivity index (χ0n) is 13.6. The van der Waals surface area contributed by atoms with Crippen molar-refractivity contribution in [3.8, 4) is 17.2 Å². The van der Waals surface area contributed by atoms with Crippen LogP contribution in [-0.4, -0.2) is 29.7 Å². The second-order valence-corrected chi connectivity index (χ2v) is 6.43. The zero-order valence-corrected chi connectivity index (χ0v) is 14.5. The standard InChI is InChI=1S/C17H19NO5S/c1-21-15-11-8-13(16(22-2)17(15)23-3)7-4-12-5-9-14(10-6-12)24(18,19)20/h4-11H,1-3H3,(H2,18,19,20). The quantitative estimate of drug-likeness (QED) is 0.810. The van der Waals surface area contributed by atoms with Crippen molar-refractivity contribution in [2.45, 2.75) is 4.90 Å². The average molecular weight is 349 g/mol. The van der Waals surface area contributed by atoms with E-state index in [0.29, 0.717) is 17.2 Å². The summed E-state index contributed by atoms with van der Waals surface area (Å²) in [5.41, 5.74) is 1.62. The van der Waals surface area contributed by atoms with Gasteiger partial charge in [0, 0.05) is 5.56 Å². The van der Waals surface area contributed by atoms with E-state index < -0.39 is 10.0 Å². The molecule has 0 heterocycles. The number of hydrogen-bond donors (Lipinski definition) is 1. The van der Waals surface area contributed by atoms with Gasteiger partial charge in [-0.2, -0.15) is 0 Å². The van der Waals surface area contributed by atoms with Crippen LogP contribution in [0.4, 0.5) is 0 Å². The second-order valence-electron chi connectivity index (χ2n) is 4.87. The third kappa shape index (κ3) is 3.87. The fraction of sp³-hybridized carbons (Fsp3) is 0.176. The Hall–Kier alpha value is -2.51. The van der Waals surface area contributed by atoms with Gasteiger partial charge in [-0.1, -0.05) is 24.3 Å². The fourth-order valence-electron chi connectivity index (χ4n) is 2.21. The number of methoxy groups -OCH3 is 3. The van der Waals surface area contributed by atoms with Gasteiger partial charge in [0.05, 0.1) is 26.2 Å². The van der Waals surface area contributed by atoms with Crippen molar-refractivity contribution in [1.29, 1.82) is 0 Å². The van der Waals surface area contributed by atoms with E-state index in [4.69, 9.17) is 19.3 Å². The average Bonchev–Trinajstić information content (AvgIpc) is 2.58. The van der Waals surface area contributed by atoms with Gasteiger partial charge in [0.2, 0.25) is 15.8 Å². The van der Waals surface area contributed by atoms with Crippen LogP contribution in [0.15, 0.2) is 41.3 Å². The number of nitrogens with two attached hydrogens (primary N) is 1. The Morgan fingerprint density at radius 2 is 1.46 bits per heavy atom. The van der Waals surface area contributed by atoms with Crippen LogP contribution in [0.2, 0.25) is 0 Å². The summed E-state index contributed by atoms with van der Waals surface area (Å²) in [7, 11) is 0.959. The van der Waals surface area contributed by atoms with Crippen molar-refractivity contribution in [2.24, 2.45) is 5.14 Å². The van der Waals surface area contributed by atoms with Gasteiger partial charge in [-0.05, 0) is 29.8 Å². The summed E-state index contributed by atoms with van der Waals surface area (Å²) in [4.78, 5) is 0.0725. The molecule has 2 N–H and O–H groups in total. The molecule has 0 saturated carbocycles. The summed E-state index contributed by atoms with van der Waals surface area (Å²) in [5.74, 6) is 1.63. The van der Waals surface area contributed by atoms with E-state index in [-0.39, 0.29) is 4.90 Å². The number of rotatable bonds is 6. The summed E-state index contributed by atoms with van der Waals surface area (Å²) in [5, 5.41) is 5.08. The lowest BCUT2D eigenvalue weighted by atomic mass is 10.1. The predicted molar refractivity (Wildman–Crippen MR) is 92.8 cm³/mol. The molecule has 6 nitrogen and oxygen atoms in total. The van der Waals surface area contributed by atoms with Crippen molar-refractivity contribution in [2.75, 3.05) is 21.3 Å². The molecule has 0 fully saturated rings. The van der Waals surface area contributed by atoms with Crippen molar-refractivity contribution in [3.05, 3.63) is 47.5 Å². The molecule has 0 aliphatic rings. The molecule has 0 aliphatic carbocycles. The van der Waals surface area contributed by atoms with Crippen LogP contribution in [0.25, 0.3) is 12.2 Å². The highest BCUT2D eigenvalue weighted by molar-refractivity contribution is 7.89. The first-order valence-corrected chi connectivity index (χ1v) is 8.55. The van der Waals surface area contributed by atoms with E-state index in [2.05, 4.69) is 0 Å². The summed E-state index contributed by atoms with van der Waals surface area (Å²) in [6, 6.07) is 9.88. The van der Waals surface area contributed by atoms with Gasteiger partial charge >= 0.3 is 0 Å². The highest BCUT2D eigenvalue weighted by Gasteiger charge is 2.14. The van der Waals surface area contributed by atoms with E-state index in [1.165, 1.54) is 12.1 Å². The van der Waals surface area contributed by atoms with Gasteiger partial charge in [0.25, 0.3) is 0 Å². The Bertz CT molecular complexity index is 842. The maximum absolute atomic E-state index is 11.3. The highest BCUT2D eigenvalue weighted by atomic mass is 32.2. The monoisotopic (exact) mass is 349 g/mol. The van der Waals surface area contributed by atoms with Gasteiger partial charge in [0.15, 0.2) is 11.5 Å². The number of ether oxygens (including phenoxy) is 3. The minimum atomic E-state index is -3.69. The van der Waals surface area contributed by atoms with E-state index >= 15 is 0 Å². The minimum Gasteiger partial charge on any atom is -0.493 e. The molecule has 2 aromatic rings. The van der Waals surface area contributed by atoms with Crippen LogP contribution in [0.1, 0.15) is 11.1 Å². The Kier molecular flexibility index (Phi) is 5.48. The molecular weight excluding hydrogens is 330 g/mol. The number of hydrogen-bond acceptors (Lipinski definition) is 5. The molecule has 0 radical (unpaired) electrons. The molecular formula is C17H19NO5S. The van der Waals surface area contributed by atoms with Crippen molar-refractivity contribution < 1.29 is 22.6 Å². The van der Waals surface area contributed by atoms with Gasteiger partial charge in [0.1, 0.15) is 0 Å². The first kappa shape index (κ1) is 17.8. The molecule has 0 unspecified atom stereocenters. The first-order chi connectivity index (χ1) is 11.4. The number of primary sulfonamides is 1. The fourth-order valence-corrected chi connectivity index (χ4v) is 2.73. The van der Waals surface area contributed by atoms with Crippen molar-refractivity contribution in [3.63, 3.8) is 0 Å². The lowest BCUT2D eigenvalue weighted by molar-refractivity contribution is 0.324. The molecule has 24 heavy (non-hydrogen) atoms. The molecule has 128 valence electrons. The van der Waals surface area contributed by atoms with Gasteiger partial charge < -0.3 is 14.2 Å². The Balaban J connectivity index is 2.35. The maximum Gasteiger partial charge on any atom is 0.238 e. The molecule has 0 spiro atoms. The zero-order chi connectivity index (χ0) is 17.7. The van der Waals surface area contributed by atoms with E-state index in [9.17, 15) is 8.42 Å². The third-order valence-corrected chi connectivity index (χ3v) is 4.33. The molecule has 7 heteroatoms. The van der Waals surface area contributed by atoms with E-state index in [1.807, 2.05) is 18.2 Å². The highest BCUT2D eigenvalue weighted by Crippen LogP contribution is 2.40. The Labute approximate surface area is 141 Å². The van der Waals surface area contributed by atoms with Crippen LogP contribution in [-0.2, 0) is 10.0 Å². The van der Waals surface area contributed by atoms with Crippen LogP contribution in [0.3, 0.4) is 0 Å². The molecule has 2 rings (SSSR count). The summed E-state index contributed by atoms with van der Waals surface area (Å²) < 4.78 is 38.5. The van der Waals surface area contributed by atoms with Crippen molar-refractivity contribution >= 4 is 22.2 Å².